The van der Waals surface area contributed by atoms with Gasteiger partial charge >= 0.3 is 5.97 Å². The molecule has 0 aliphatic heterocycles. The molecule has 2 rings (SSSR count). The van der Waals surface area contributed by atoms with Gasteiger partial charge in [0.15, 0.2) is 18.1 Å². The van der Waals surface area contributed by atoms with Crippen LogP contribution in [0.4, 0.5) is 0 Å². The summed E-state index contributed by atoms with van der Waals surface area (Å²) in [6.07, 6.45) is 3.50. The maximum atomic E-state index is 12.3. The Morgan fingerprint density at radius 1 is 1.23 bits per heavy atom. The van der Waals surface area contributed by atoms with Crippen LogP contribution in [-0.2, 0) is 17.6 Å². The minimum atomic E-state index is -1.08. The van der Waals surface area contributed by atoms with Crippen molar-refractivity contribution in [3.05, 3.63) is 39.8 Å². The molecule has 1 aromatic carbocycles. The molecule has 0 saturated carbocycles. The zero-order valence-corrected chi connectivity index (χ0v) is 15.6. The second-order valence-corrected chi connectivity index (χ2v) is 6.56. The summed E-state index contributed by atoms with van der Waals surface area (Å²) in [5, 5.41) is 12.6. The highest BCUT2D eigenvalue weighted by molar-refractivity contribution is 7.11. The molecular formula is C18H22N2O5S. The molecule has 0 aliphatic rings. The van der Waals surface area contributed by atoms with Crippen LogP contribution in [0, 0.1) is 0 Å². The average molecular weight is 378 g/mol. The number of carboxylic acid groups (broad SMARTS) is 1. The van der Waals surface area contributed by atoms with Crippen molar-refractivity contribution in [2.75, 3.05) is 19.8 Å². The summed E-state index contributed by atoms with van der Waals surface area (Å²) in [5.74, 6) is -0.680. The Kier molecular flexibility index (Phi) is 7.40. The van der Waals surface area contributed by atoms with E-state index in [0.29, 0.717) is 36.6 Å². The van der Waals surface area contributed by atoms with Crippen molar-refractivity contribution in [1.82, 2.24) is 10.3 Å². The van der Waals surface area contributed by atoms with Crippen molar-refractivity contribution < 1.29 is 24.2 Å². The lowest BCUT2D eigenvalue weighted by Crippen LogP contribution is -2.25. The number of hydrogen-bond donors (Lipinski definition) is 2. The number of aromatic nitrogens is 1. The predicted molar refractivity (Wildman–Crippen MR) is 98.3 cm³/mol. The Morgan fingerprint density at radius 3 is 2.69 bits per heavy atom. The van der Waals surface area contributed by atoms with E-state index in [1.54, 1.807) is 30.4 Å². The summed E-state index contributed by atoms with van der Waals surface area (Å²) in [4.78, 5) is 28.5. The minimum absolute atomic E-state index is 0.233. The molecule has 140 valence electrons. The fourth-order valence-corrected chi connectivity index (χ4v) is 3.05. The van der Waals surface area contributed by atoms with Crippen LogP contribution in [-0.4, -0.2) is 41.7 Å². The Labute approximate surface area is 156 Å². The Hall–Kier alpha value is -2.61. The van der Waals surface area contributed by atoms with Crippen LogP contribution in [0.1, 0.15) is 34.1 Å². The van der Waals surface area contributed by atoms with E-state index in [4.69, 9.17) is 14.6 Å². The molecule has 1 heterocycles. The van der Waals surface area contributed by atoms with Gasteiger partial charge in [-0.05, 0) is 31.5 Å². The number of amides is 1. The fraction of sp³-hybridized carbons (Fsp3) is 0.389. The molecule has 1 amide bonds. The highest BCUT2D eigenvalue weighted by atomic mass is 32.1. The summed E-state index contributed by atoms with van der Waals surface area (Å²) in [6, 6.07) is 4.67. The average Bonchev–Trinajstić information content (AvgIpc) is 3.08. The lowest BCUT2D eigenvalue weighted by molar-refractivity contribution is -0.139. The van der Waals surface area contributed by atoms with Gasteiger partial charge in [0.25, 0.3) is 5.91 Å². The van der Waals surface area contributed by atoms with Crippen LogP contribution in [0.5, 0.6) is 11.5 Å². The van der Waals surface area contributed by atoms with E-state index in [1.165, 1.54) is 10.9 Å². The summed E-state index contributed by atoms with van der Waals surface area (Å²) >= 11 is 1.65. The van der Waals surface area contributed by atoms with Gasteiger partial charge in [0.1, 0.15) is 0 Å². The van der Waals surface area contributed by atoms with Gasteiger partial charge < -0.3 is 19.9 Å². The van der Waals surface area contributed by atoms with Crippen molar-refractivity contribution >= 4 is 23.2 Å². The van der Waals surface area contributed by atoms with E-state index in [-0.39, 0.29) is 5.91 Å². The molecule has 0 unspecified atom stereocenters. The number of hydrogen-bond acceptors (Lipinski definition) is 6. The number of rotatable bonds is 10. The smallest absolute Gasteiger partial charge is 0.341 e. The molecule has 0 fully saturated rings. The number of carbonyl (C=O) groups excluding carboxylic acids is 1. The maximum Gasteiger partial charge on any atom is 0.341 e. The molecule has 8 heteroatoms. The molecule has 0 saturated heterocycles. The number of carbonyl (C=O) groups is 2. The summed E-state index contributed by atoms with van der Waals surface area (Å²) < 4.78 is 10.6. The third kappa shape index (κ3) is 5.73. The molecule has 0 spiro atoms. The molecule has 26 heavy (non-hydrogen) atoms. The topological polar surface area (TPSA) is 97.8 Å². The first-order valence-electron chi connectivity index (χ1n) is 8.36. The van der Waals surface area contributed by atoms with E-state index in [0.717, 1.165) is 11.4 Å². The van der Waals surface area contributed by atoms with Crippen LogP contribution >= 0.6 is 11.3 Å². The summed E-state index contributed by atoms with van der Waals surface area (Å²) in [7, 11) is 0. The lowest BCUT2D eigenvalue weighted by Gasteiger charge is -2.12. The third-order valence-electron chi connectivity index (χ3n) is 3.43. The van der Waals surface area contributed by atoms with E-state index >= 15 is 0 Å². The van der Waals surface area contributed by atoms with Gasteiger partial charge in [0.05, 0.1) is 11.6 Å². The normalized spacial score (nSPS) is 10.4. The number of carboxylic acids is 1. The third-order valence-corrected chi connectivity index (χ3v) is 4.63. The second kappa shape index (κ2) is 9.76. The van der Waals surface area contributed by atoms with E-state index in [2.05, 4.69) is 17.2 Å². The van der Waals surface area contributed by atoms with Gasteiger partial charge in [0, 0.05) is 29.6 Å². The van der Waals surface area contributed by atoms with Crippen LogP contribution in [0.25, 0.3) is 0 Å². The molecule has 7 nitrogen and oxygen atoms in total. The van der Waals surface area contributed by atoms with Gasteiger partial charge in [-0.3, -0.25) is 4.79 Å². The number of nitrogens with one attached hydrogen (secondary N) is 1. The minimum Gasteiger partial charge on any atom is -0.490 e. The van der Waals surface area contributed by atoms with Crippen LogP contribution < -0.4 is 14.8 Å². The monoisotopic (exact) mass is 378 g/mol. The molecule has 0 atom stereocenters. The zero-order valence-electron chi connectivity index (χ0n) is 14.8. The highest BCUT2D eigenvalue weighted by Gasteiger charge is 2.13. The van der Waals surface area contributed by atoms with Crippen LogP contribution in [0.2, 0.25) is 0 Å². The maximum absolute atomic E-state index is 12.3. The van der Waals surface area contributed by atoms with E-state index < -0.39 is 12.6 Å². The highest BCUT2D eigenvalue weighted by Crippen LogP contribution is 2.28. The fourth-order valence-electron chi connectivity index (χ4n) is 2.19. The first-order chi connectivity index (χ1) is 12.5. The number of thiazole rings is 1. The van der Waals surface area contributed by atoms with Gasteiger partial charge in [0.2, 0.25) is 0 Å². The standard InChI is InChI=1S/C18H22N2O5S/c1-3-13-10-20-16(26-13)7-8-19-18(23)12-5-6-14(25-11-17(21)22)15(9-12)24-4-2/h5-6,9-10H,3-4,7-8,11H2,1-2H3,(H,19,23)(H,21,22). The predicted octanol–water partition coefficient (Wildman–Crippen LogP) is 2.54. The SMILES string of the molecule is CCOc1cc(C(=O)NCCc2ncc(CC)s2)ccc1OCC(=O)O. The summed E-state index contributed by atoms with van der Waals surface area (Å²) in [5.41, 5.74) is 0.421. The Balaban J connectivity index is 1.96. The number of benzene rings is 1. The summed E-state index contributed by atoms with van der Waals surface area (Å²) in [6.45, 7) is 4.26. The number of aliphatic carboxylic acids is 1. The largest absolute Gasteiger partial charge is 0.490 e. The molecule has 2 N–H and O–H groups in total. The Bertz CT molecular complexity index is 760. The molecular weight excluding hydrogens is 356 g/mol. The van der Waals surface area contributed by atoms with Gasteiger partial charge in [-0.25, -0.2) is 9.78 Å². The first-order valence-corrected chi connectivity index (χ1v) is 9.18. The van der Waals surface area contributed by atoms with Crippen LogP contribution in [0.15, 0.2) is 24.4 Å². The second-order valence-electron chi connectivity index (χ2n) is 5.36. The number of aryl methyl sites for hydroxylation is 1. The van der Waals surface area contributed by atoms with Crippen molar-refractivity contribution in [2.45, 2.75) is 26.7 Å². The van der Waals surface area contributed by atoms with Crippen LogP contribution in [0.3, 0.4) is 0 Å². The van der Waals surface area contributed by atoms with Crippen molar-refractivity contribution in [2.24, 2.45) is 0 Å². The molecule has 0 aliphatic carbocycles. The quantitative estimate of drug-likeness (QED) is 0.659. The van der Waals surface area contributed by atoms with Crippen molar-refractivity contribution in [3.63, 3.8) is 0 Å². The molecule has 2 aromatic rings. The van der Waals surface area contributed by atoms with Gasteiger partial charge in [-0.1, -0.05) is 6.92 Å². The van der Waals surface area contributed by atoms with Gasteiger partial charge in [-0.2, -0.15) is 0 Å². The number of nitrogens with zero attached hydrogens (tertiary/aromatic N) is 1. The van der Waals surface area contributed by atoms with Gasteiger partial charge in [-0.15, -0.1) is 11.3 Å². The van der Waals surface area contributed by atoms with E-state index in [9.17, 15) is 9.59 Å². The molecule has 0 bridgehead atoms. The van der Waals surface area contributed by atoms with Crippen molar-refractivity contribution in [3.8, 4) is 11.5 Å². The molecule has 0 radical (unpaired) electrons. The lowest BCUT2D eigenvalue weighted by atomic mass is 10.2. The van der Waals surface area contributed by atoms with Crippen molar-refractivity contribution in [1.29, 1.82) is 0 Å². The van der Waals surface area contributed by atoms with E-state index in [1.807, 2.05) is 6.20 Å². The zero-order chi connectivity index (χ0) is 18.9. The Morgan fingerprint density at radius 2 is 2.04 bits per heavy atom. The number of ether oxygens (including phenoxy) is 2. The molecule has 1 aromatic heterocycles. The first kappa shape index (κ1) is 19.7.